The summed E-state index contributed by atoms with van der Waals surface area (Å²) >= 11 is 1.64. The van der Waals surface area contributed by atoms with Gasteiger partial charge in [-0.3, -0.25) is 28.2 Å². The summed E-state index contributed by atoms with van der Waals surface area (Å²) in [4.78, 5) is 102. The summed E-state index contributed by atoms with van der Waals surface area (Å²) in [7, 11) is -2.29. The third-order valence-corrected chi connectivity index (χ3v) is 27.6. The van der Waals surface area contributed by atoms with Crippen molar-refractivity contribution in [3.63, 3.8) is 0 Å². The van der Waals surface area contributed by atoms with Crippen LogP contribution in [0.1, 0.15) is 186 Å². The predicted octanol–water partition coefficient (Wildman–Crippen LogP) is 15.7. The molecule has 5 saturated heterocycles. The maximum atomic E-state index is 12.5. The van der Waals surface area contributed by atoms with Crippen LogP contribution >= 0.6 is 11.3 Å². The Morgan fingerprint density at radius 3 is 0.983 bits per heavy atom. The molecule has 21 nitrogen and oxygen atoms in total. The number of allylic oxidation sites excluding steroid dienone is 2. The van der Waals surface area contributed by atoms with Crippen LogP contribution < -0.4 is 0 Å². The monoisotopic (exact) mass is 1660 g/mol. The molecule has 10 aliphatic heterocycles. The minimum absolute atomic E-state index is 0.0205. The molecule has 12 aliphatic rings. The van der Waals surface area contributed by atoms with E-state index in [1.165, 1.54) is 31.9 Å². The summed E-state index contributed by atoms with van der Waals surface area (Å²) < 4.78 is 11.7. The lowest BCUT2D eigenvalue weighted by Crippen LogP contribution is -2.48. The van der Waals surface area contributed by atoms with Gasteiger partial charge in [-0.15, -0.1) is 11.3 Å². The summed E-state index contributed by atoms with van der Waals surface area (Å²) in [6, 6.07) is 64.8. The van der Waals surface area contributed by atoms with Gasteiger partial charge < -0.3 is 48.7 Å². The molecular weight excluding hydrogens is 1550 g/mol. The molecule has 2 aliphatic carbocycles. The number of likely N-dealkylation sites (tertiary alicyclic amines) is 5. The van der Waals surface area contributed by atoms with E-state index in [-0.39, 0.29) is 51.5 Å². The molecule has 1 aromatic heterocycles. The average molecular weight is 1660 g/mol. The van der Waals surface area contributed by atoms with Crippen LogP contribution in [0.15, 0.2) is 237 Å². The first-order chi connectivity index (χ1) is 58.3. The molecule has 0 radical (unpaired) electrons. The lowest BCUT2D eigenvalue weighted by Gasteiger charge is -2.37. The van der Waals surface area contributed by atoms with Crippen molar-refractivity contribution in [1.82, 2.24) is 24.5 Å². The zero-order valence-electron chi connectivity index (χ0n) is 69.3. The topological polar surface area (TPSA) is 227 Å². The van der Waals surface area contributed by atoms with Crippen LogP contribution in [0.4, 0.5) is 0 Å². The van der Waals surface area contributed by atoms with Gasteiger partial charge in [-0.2, -0.15) is 0 Å². The normalized spacial score (nSPS) is 21.7. The SMILES string of the molecule is C=S(C)(=O)CC(=O)N1CCC2(CC1)CC(c1ccccc1)=NO2.O=C(CC1C=CCC1)N1CCC2(CC1)CC(c1ccccc1)=NO2.O=C(CC1CCCC1)N1CCC2(CC1)CC(c1ccccc1)=NO2.O=C(Cc1ccccc1)N1CCC2(CC1)CC(c1ccccc1)=NO2.O=C(Cc1cccs1)N1CCC2(CC1)CC(c1ccccc1)=NO2. The Balaban J connectivity index is 0.000000117. The van der Waals surface area contributed by atoms with Crippen LogP contribution in [-0.4, -0.2) is 198 Å². The molecule has 630 valence electrons. The molecule has 7 aromatic rings. The minimum Gasteiger partial charge on any atom is -0.388 e. The van der Waals surface area contributed by atoms with Crippen molar-refractivity contribution in [2.45, 2.75) is 189 Å². The summed E-state index contributed by atoms with van der Waals surface area (Å²) in [6.07, 6.45) is 28.2. The molecule has 0 bridgehead atoms. The van der Waals surface area contributed by atoms with E-state index in [1.807, 2.05) is 171 Å². The van der Waals surface area contributed by atoms with E-state index in [9.17, 15) is 28.2 Å². The van der Waals surface area contributed by atoms with Crippen molar-refractivity contribution >= 4 is 84.8 Å². The van der Waals surface area contributed by atoms with Gasteiger partial charge in [0.1, 0.15) is 28.0 Å². The number of carbonyl (C=O) groups is 5. The second-order valence-corrected chi connectivity index (χ2v) is 38.4. The van der Waals surface area contributed by atoms with Gasteiger partial charge in [0.25, 0.3) is 0 Å². The van der Waals surface area contributed by atoms with Gasteiger partial charge in [0.05, 0.1) is 47.2 Å². The van der Waals surface area contributed by atoms with Gasteiger partial charge in [0, 0.05) is 186 Å². The number of benzene rings is 6. The summed E-state index contributed by atoms with van der Waals surface area (Å²) in [5.74, 6) is 5.63. The third kappa shape index (κ3) is 22.2. The Morgan fingerprint density at radius 2 is 0.683 bits per heavy atom. The second-order valence-electron chi connectivity index (χ2n) is 34.8. The lowest BCUT2D eigenvalue weighted by atomic mass is 9.85. The molecule has 11 heterocycles. The number of hydrogen-bond acceptors (Lipinski definition) is 17. The maximum absolute atomic E-state index is 12.5. The highest BCUT2D eigenvalue weighted by Crippen LogP contribution is 2.42. The highest BCUT2D eigenvalue weighted by molar-refractivity contribution is 8.00. The van der Waals surface area contributed by atoms with Crippen LogP contribution in [0.3, 0.4) is 0 Å². The Bertz CT molecular complexity index is 4930. The highest BCUT2D eigenvalue weighted by atomic mass is 32.2. The Hall–Kier alpha value is -10.5. The van der Waals surface area contributed by atoms with E-state index >= 15 is 0 Å². The Morgan fingerprint density at radius 1 is 0.383 bits per heavy atom. The maximum Gasteiger partial charge on any atom is 0.234 e. The number of amides is 5. The zero-order chi connectivity index (χ0) is 82.8. The van der Waals surface area contributed by atoms with Crippen LogP contribution in [0.5, 0.6) is 0 Å². The smallest absolute Gasteiger partial charge is 0.234 e. The average Bonchev–Trinajstić information content (AvgIpc) is 1.67. The standard InChI is InChI=1S/C21H22N2O2.C20H26N2O2.C20H24N2O2.C19H20N2O2S.C17H22N2O3S/c24-20(15-17-7-3-1-4-8-17)23-13-11-21(12-14-23)16-19(22-25-21)18-9-5-2-6-10-18;2*23-19(14-16-6-4-5-7-16)22-12-10-20(11-13-22)15-18(21-24-20)17-8-2-1-3-9-17;22-18(13-16-7-4-12-24-16)21-10-8-19(9-11-21)14-17(20-23-19)15-5-2-1-3-6-15;1-23(2,21)13-16(20)19-10-8-17(9-11-19)12-15(18-22-17)14-6-4-3-5-7-14/h1-10H,11-16H2;1-3,8-9,16H,4-7,10-15H2;1-4,6,8-9,16H,5,7,10-15H2;1-7,12H,8-11,13-14H2;3-7H,1,8-13H2,2H3. The number of oxime groups is 5. The number of nitrogens with zero attached hydrogens (tertiary/aromatic N) is 10. The molecule has 2 unspecified atom stereocenters. The number of rotatable bonds is 15. The van der Waals surface area contributed by atoms with Crippen molar-refractivity contribution in [1.29, 1.82) is 0 Å². The number of thiophene rings is 1. The van der Waals surface area contributed by atoms with Crippen molar-refractivity contribution in [2.75, 3.05) is 77.5 Å². The largest absolute Gasteiger partial charge is 0.388 e. The summed E-state index contributed by atoms with van der Waals surface area (Å²) in [5, 5.41) is 23.6. The highest BCUT2D eigenvalue weighted by Gasteiger charge is 2.48. The first-order valence-electron chi connectivity index (χ1n) is 43.3. The number of hydrogen-bond donors (Lipinski definition) is 0. The Labute approximate surface area is 710 Å². The van der Waals surface area contributed by atoms with Crippen molar-refractivity contribution < 1.29 is 52.4 Å². The van der Waals surface area contributed by atoms with Gasteiger partial charge in [0.15, 0.2) is 0 Å². The third-order valence-electron chi connectivity index (χ3n) is 25.9. The minimum atomic E-state index is -2.29. The molecule has 0 N–H and O–H groups in total. The van der Waals surface area contributed by atoms with E-state index in [1.54, 1.807) is 16.2 Å². The van der Waals surface area contributed by atoms with Crippen molar-refractivity contribution in [2.24, 2.45) is 37.6 Å². The molecule has 6 fully saturated rings. The van der Waals surface area contributed by atoms with Crippen molar-refractivity contribution in [3.05, 3.63) is 250 Å². The quantitative estimate of drug-likeness (QED) is 0.0693. The Kier molecular flexibility index (Phi) is 27.4. The lowest BCUT2D eigenvalue weighted by molar-refractivity contribution is -0.138. The second kappa shape index (κ2) is 38.9. The molecule has 1 saturated carbocycles. The van der Waals surface area contributed by atoms with Crippen LogP contribution in [-0.2, 0) is 70.5 Å². The van der Waals surface area contributed by atoms with Gasteiger partial charge in [0.2, 0.25) is 29.5 Å². The first-order valence-corrected chi connectivity index (χ1v) is 46.5. The van der Waals surface area contributed by atoms with Crippen molar-refractivity contribution in [3.8, 4) is 0 Å². The van der Waals surface area contributed by atoms with Crippen LogP contribution in [0.2, 0.25) is 0 Å². The molecule has 5 spiro atoms. The molecular formula is C97H114N10O11S2. The van der Waals surface area contributed by atoms with E-state index < -0.39 is 9.52 Å². The van der Waals surface area contributed by atoms with Gasteiger partial charge in [-0.25, -0.2) is 0 Å². The van der Waals surface area contributed by atoms with Crippen LogP contribution in [0.25, 0.3) is 0 Å². The molecule has 120 heavy (non-hydrogen) atoms. The molecule has 5 amide bonds. The van der Waals surface area contributed by atoms with E-state index in [0.29, 0.717) is 56.0 Å². The predicted molar refractivity (Wildman–Crippen MR) is 473 cm³/mol. The number of carbonyl (C=O) groups excluding carboxylic acids is 5. The van der Waals surface area contributed by atoms with Gasteiger partial charge in [-0.05, 0) is 97.7 Å². The summed E-state index contributed by atoms with van der Waals surface area (Å²) in [6.45, 7) is 7.40. The van der Waals surface area contributed by atoms with E-state index in [4.69, 9.17) is 24.2 Å². The van der Waals surface area contributed by atoms with E-state index in [2.05, 4.69) is 92.3 Å². The fraction of sp³-hybridized carbons (Fsp3) is 0.454. The van der Waals surface area contributed by atoms with E-state index in [0.717, 1.165) is 235 Å². The summed E-state index contributed by atoms with van der Waals surface area (Å²) in [5.41, 5.74) is 10.7. The molecule has 23 heteroatoms. The van der Waals surface area contributed by atoms with Gasteiger partial charge >= 0.3 is 0 Å². The molecule has 2 atom stereocenters. The number of piperidine rings is 5. The fourth-order valence-corrected chi connectivity index (χ4v) is 19.8. The van der Waals surface area contributed by atoms with Crippen LogP contribution in [0, 0.1) is 11.8 Å². The first kappa shape index (κ1) is 84.5. The van der Waals surface area contributed by atoms with Gasteiger partial charge in [-0.1, -0.05) is 239 Å². The molecule has 19 rings (SSSR count). The zero-order valence-corrected chi connectivity index (χ0v) is 70.9. The molecule has 6 aromatic carbocycles. The fourth-order valence-electron chi connectivity index (χ4n) is 18.4.